The van der Waals surface area contributed by atoms with Gasteiger partial charge in [-0.3, -0.25) is 9.59 Å². The number of hydrogen-bond acceptors (Lipinski definition) is 6. The molecule has 0 aliphatic heterocycles. The fourth-order valence-corrected chi connectivity index (χ4v) is 6.01. The molecule has 0 bridgehead atoms. The number of hydrogen-bond donors (Lipinski definition) is 1. The van der Waals surface area contributed by atoms with Gasteiger partial charge in [0.1, 0.15) is 5.41 Å². The van der Waals surface area contributed by atoms with Gasteiger partial charge in [0.25, 0.3) is 0 Å². The van der Waals surface area contributed by atoms with Crippen molar-refractivity contribution >= 4 is 34.7 Å². The molecular formula is C27H20ClN3O4. The summed E-state index contributed by atoms with van der Waals surface area (Å²) in [6.07, 6.45) is 3.62. The zero-order valence-corrected chi connectivity index (χ0v) is 19.7. The fraction of sp³-hybridized carbons (Fsp3) is 0.296. The van der Waals surface area contributed by atoms with E-state index in [1.165, 1.54) is 0 Å². The predicted molar refractivity (Wildman–Crippen MR) is 126 cm³/mol. The third kappa shape index (κ3) is 2.73. The highest BCUT2D eigenvalue weighted by Crippen LogP contribution is 2.73. The molecule has 0 spiro atoms. The molecule has 35 heavy (non-hydrogen) atoms. The van der Waals surface area contributed by atoms with Crippen molar-refractivity contribution in [3.63, 3.8) is 0 Å². The fourth-order valence-electron chi connectivity index (χ4n) is 5.65. The van der Waals surface area contributed by atoms with Crippen molar-refractivity contribution in [1.29, 1.82) is 10.5 Å². The lowest BCUT2D eigenvalue weighted by Crippen LogP contribution is -2.56. The van der Waals surface area contributed by atoms with Crippen LogP contribution in [0.2, 0.25) is 0 Å². The lowest BCUT2D eigenvalue weighted by atomic mass is 9.45. The third-order valence-electron chi connectivity index (χ3n) is 7.16. The maximum absolute atomic E-state index is 13.8. The Morgan fingerprint density at radius 1 is 1.09 bits per heavy atom. The second-order valence-electron chi connectivity index (χ2n) is 8.80. The van der Waals surface area contributed by atoms with E-state index in [4.69, 9.17) is 16.3 Å². The molecule has 1 heterocycles. The number of aryl methyl sites for hydroxylation is 2. The number of nitrogens with zero attached hydrogens (tertiary/aromatic N) is 2. The van der Waals surface area contributed by atoms with Gasteiger partial charge in [0, 0.05) is 28.1 Å². The second-order valence-corrected chi connectivity index (χ2v) is 9.18. The first-order chi connectivity index (χ1) is 16.9. The standard InChI is InChI=1S/C27H20ClN3O4/c1-2-35-25(34)21-22(28)24(33)27(14-30)20(23(32)15-8-4-3-5-9-15)19(26(21,27)13-29)18-12-16-10-6-7-11-17(16)31-18/h3-5,8-9,12,31H,2,6-7,10-11H2,1H3. The van der Waals surface area contributed by atoms with Crippen molar-refractivity contribution < 1.29 is 19.1 Å². The number of halogens is 1. The molecule has 1 N–H and O–H groups in total. The van der Waals surface area contributed by atoms with Crippen LogP contribution >= 0.6 is 11.6 Å². The maximum Gasteiger partial charge on any atom is 0.337 e. The molecule has 8 heteroatoms. The molecular weight excluding hydrogens is 466 g/mol. The van der Waals surface area contributed by atoms with E-state index in [2.05, 4.69) is 11.1 Å². The van der Waals surface area contributed by atoms with Gasteiger partial charge in [0.15, 0.2) is 11.2 Å². The minimum absolute atomic E-state index is 0.0204. The molecule has 0 saturated heterocycles. The summed E-state index contributed by atoms with van der Waals surface area (Å²) >= 11 is 6.37. The predicted octanol–water partition coefficient (Wildman–Crippen LogP) is 4.20. The molecule has 2 aromatic rings. The van der Waals surface area contributed by atoms with Crippen LogP contribution in [0.3, 0.4) is 0 Å². The molecule has 2 unspecified atom stereocenters. The van der Waals surface area contributed by atoms with Crippen LogP contribution in [0.25, 0.3) is 5.57 Å². The van der Waals surface area contributed by atoms with Crippen LogP contribution in [0.5, 0.6) is 0 Å². The number of allylic oxidation sites excluding steroid dienone is 3. The summed E-state index contributed by atoms with van der Waals surface area (Å²) in [4.78, 5) is 43.7. The van der Waals surface area contributed by atoms with E-state index in [9.17, 15) is 24.9 Å². The van der Waals surface area contributed by atoms with Crippen molar-refractivity contribution in [2.75, 3.05) is 6.61 Å². The van der Waals surface area contributed by atoms with E-state index in [-0.39, 0.29) is 28.9 Å². The zero-order chi connectivity index (χ0) is 25.0. The Labute approximate surface area is 206 Å². The number of ether oxygens (including phenoxy) is 1. The van der Waals surface area contributed by atoms with Crippen LogP contribution in [0.15, 0.2) is 52.6 Å². The van der Waals surface area contributed by atoms with Gasteiger partial charge in [-0.05, 0) is 44.2 Å². The molecule has 5 rings (SSSR count). The number of esters is 1. The van der Waals surface area contributed by atoms with Gasteiger partial charge in [-0.1, -0.05) is 41.9 Å². The highest BCUT2D eigenvalue weighted by Gasteiger charge is 2.79. The van der Waals surface area contributed by atoms with Gasteiger partial charge in [-0.15, -0.1) is 0 Å². The van der Waals surface area contributed by atoms with E-state index in [0.717, 1.165) is 36.9 Å². The molecule has 0 saturated carbocycles. The molecule has 0 fully saturated rings. The van der Waals surface area contributed by atoms with E-state index < -0.39 is 33.4 Å². The van der Waals surface area contributed by atoms with Gasteiger partial charge < -0.3 is 9.72 Å². The Hall–Kier alpha value is -3.94. The van der Waals surface area contributed by atoms with Crippen LogP contribution in [-0.2, 0) is 27.2 Å². The summed E-state index contributed by atoms with van der Waals surface area (Å²) in [5, 5.41) is 20.4. The average molecular weight is 486 g/mol. The number of aromatic amines is 1. The normalized spacial score (nSPS) is 24.7. The van der Waals surface area contributed by atoms with Crippen LogP contribution in [0.4, 0.5) is 0 Å². The highest BCUT2D eigenvalue weighted by molar-refractivity contribution is 6.50. The Bertz CT molecular complexity index is 1430. The summed E-state index contributed by atoms with van der Waals surface area (Å²) in [6, 6.07) is 14.1. The van der Waals surface area contributed by atoms with E-state index in [0.29, 0.717) is 5.69 Å². The molecule has 1 aromatic heterocycles. The molecule has 0 amide bonds. The zero-order valence-electron chi connectivity index (χ0n) is 18.9. The van der Waals surface area contributed by atoms with Crippen LogP contribution in [0.1, 0.15) is 47.1 Å². The Morgan fingerprint density at radius 3 is 2.40 bits per heavy atom. The number of fused-ring (bicyclic) bond motifs is 2. The molecule has 7 nitrogen and oxygen atoms in total. The van der Waals surface area contributed by atoms with Crippen molar-refractivity contribution in [3.05, 3.63) is 75.1 Å². The number of nitriles is 2. The first-order valence-corrected chi connectivity index (χ1v) is 11.8. The summed E-state index contributed by atoms with van der Waals surface area (Å²) < 4.78 is 5.15. The van der Waals surface area contributed by atoms with E-state index >= 15 is 0 Å². The van der Waals surface area contributed by atoms with Gasteiger partial charge in [-0.2, -0.15) is 10.5 Å². The highest BCUT2D eigenvalue weighted by atomic mass is 35.5. The summed E-state index contributed by atoms with van der Waals surface area (Å²) in [7, 11) is 0. The average Bonchev–Trinajstić information content (AvgIpc) is 3.35. The van der Waals surface area contributed by atoms with E-state index in [1.807, 2.05) is 12.1 Å². The Kier molecular flexibility index (Phi) is 5.27. The lowest BCUT2D eigenvalue weighted by Gasteiger charge is -2.48. The Morgan fingerprint density at radius 2 is 1.77 bits per heavy atom. The number of aromatic nitrogens is 1. The monoisotopic (exact) mass is 485 g/mol. The number of ketones is 2. The smallest absolute Gasteiger partial charge is 0.337 e. The minimum atomic E-state index is -2.26. The molecule has 3 aliphatic carbocycles. The van der Waals surface area contributed by atoms with Crippen molar-refractivity contribution in [2.45, 2.75) is 32.6 Å². The van der Waals surface area contributed by atoms with Crippen molar-refractivity contribution in [2.24, 2.45) is 10.8 Å². The maximum atomic E-state index is 13.8. The van der Waals surface area contributed by atoms with Gasteiger partial charge in [0.05, 0.1) is 29.4 Å². The second kappa shape index (κ2) is 8.08. The van der Waals surface area contributed by atoms with Gasteiger partial charge in [-0.25, -0.2) is 4.79 Å². The van der Waals surface area contributed by atoms with E-state index in [1.54, 1.807) is 37.3 Å². The summed E-state index contributed by atoms with van der Waals surface area (Å²) in [5.41, 5.74) is -2.00. The van der Waals surface area contributed by atoms with Crippen molar-refractivity contribution in [1.82, 2.24) is 4.98 Å². The summed E-state index contributed by atoms with van der Waals surface area (Å²) in [6.45, 7) is 1.56. The third-order valence-corrected chi connectivity index (χ3v) is 7.52. The largest absolute Gasteiger partial charge is 0.463 e. The molecule has 2 atom stereocenters. The molecule has 1 aromatic carbocycles. The van der Waals surface area contributed by atoms with Crippen LogP contribution in [-0.4, -0.2) is 29.1 Å². The number of benzene rings is 1. The number of H-pyrrole nitrogens is 1. The molecule has 0 radical (unpaired) electrons. The van der Waals surface area contributed by atoms with Gasteiger partial charge >= 0.3 is 5.97 Å². The number of rotatable bonds is 5. The number of carbonyl (C=O) groups is 3. The molecule has 3 aliphatic rings. The lowest BCUT2D eigenvalue weighted by molar-refractivity contribution is -0.139. The van der Waals surface area contributed by atoms with Crippen molar-refractivity contribution in [3.8, 4) is 12.1 Å². The van der Waals surface area contributed by atoms with Crippen LogP contribution in [0, 0.1) is 33.5 Å². The quantitative estimate of drug-likeness (QED) is 0.500. The SMILES string of the molecule is CCOC(=O)C1=C(Cl)C(=O)C2(C#N)C(C(=O)c3ccccc3)=C(c3cc4c([nH]3)CCCC4)C12C#N. The first kappa shape index (κ1) is 22.8. The Balaban J connectivity index is 1.85. The van der Waals surface area contributed by atoms with Crippen LogP contribution < -0.4 is 0 Å². The topological polar surface area (TPSA) is 124 Å². The number of carbonyl (C=O) groups excluding carboxylic acids is 3. The minimum Gasteiger partial charge on any atom is -0.463 e. The molecule has 174 valence electrons. The summed E-state index contributed by atoms with van der Waals surface area (Å²) in [5.74, 6) is -2.46. The number of Topliss-reactive ketones (excluding diaryl/α,β-unsaturated/α-hetero) is 2. The van der Waals surface area contributed by atoms with Gasteiger partial charge in [0.2, 0.25) is 5.78 Å². The first-order valence-electron chi connectivity index (χ1n) is 11.4. The number of nitrogens with one attached hydrogen (secondary N) is 1.